The second-order valence-electron chi connectivity index (χ2n) is 4.06. The summed E-state index contributed by atoms with van der Waals surface area (Å²) in [6, 6.07) is 8.33. The van der Waals surface area contributed by atoms with Gasteiger partial charge < -0.3 is 10.6 Å². The molecule has 7 heteroatoms. The fourth-order valence-electron chi connectivity index (χ4n) is 1.87. The number of nitrogens with two attached hydrogens (primary N) is 1. The van der Waals surface area contributed by atoms with E-state index in [0.717, 1.165) is 0 Å². The summed E-state index contributed by atoms with van der Waals surface area (Å²) in [5.41, 5.74) is 6.06. The Bertz CT molecular complexity index is 631. The summed E-state index contributed by atoms with van der Waals surface area (Å²) in [4.78, 5) is 16.2. The van der Waals surface area contributed by atoms with Crippen LogP contribution in [0.15, 0.2) is 36.4 Å². The maximum atomic E-state index is 13.0. The van der Waals surface area contributed by atoms with Gasteiger partial charge in [0.05, 0.1) is 4.92 Å². The Labute approximate surface area is 114 Å². The van der Waals surface area contributed by atoms with Crippen molar-refractivity contribution in [3.8, 4) is 0 Å². The summed E-state index contributed by atoms with van der Waals surface area (Å²) in [5.74, 6) is -0.0462. The SMILES string of the molecule is CCN(c1ccc(F)cc1)c1nc(N)ccc1[N+](=O)[O-]. The first-order chi connectivity index (χ1) is 9.52. The van der Waals surface area contributed by atoms with E-state index in [4.69, 9.17) is 5.73 Å². The summed E-state index contributed by atoms with van der Waals surface area (Å²) in [7, 11) is 0. The average Bonchev–Trinajstić information content (AvgIpc) is 2.41. The van der Waals surface area contributed by atoms with Gasteiger partial charge in [0.15, 0.2) is 0 Å². The number of anilines is 3. The van der Waals surface area contributed by atoms with Crippen molar-refractivity contribution in [2.45, 2.75) is 6.92 Å². The minimum absolute atomic E-state index is 0.143. The summed E-state index contributed by atoms with van der Waals surface area (Å²) in [6.45, 7) is 2.25. The number of hydrogen-bond acceptors (Lipinski definition) is 5. The number of benzene rings is 1. The van der Waals surface area contributed by atoms with Gasteiger partial charge in [-0.3, -0.25) is 10.1 Å². The third kappa shape index (κ3) is 2.66. The molecule has 0 radical (unpaired) electrons. The molecule has 0 saturated heterocycles. The van der Waals surface area contributed by atoms with Crippen LogP contribution in [-0.2, 0) is 0 Å². The predicted molar refractivity (Wildman–Crippen MR) is 74.4 cm³/mol. The third-order valence-electron chi connectivity index (χ3n) is 2.78. The molecule has 0 aliphatic heterocycles. The van der Waals surface area contributed by atoms with E-state index in [2.05, 4.69) is 4.98 Å². The van der Waals surface area contributed by atoms with Crippen molar-refractivity contribution in [1.82, 2.24) is 4.98 Å². The van der Waals surface area contributed by atoms with Gasteiger partial charge in [0.2, 0.25) is 5.82 Å². The fraction of sp³-hybridized carbons (Fsp3) is 0.154. The van der Waals surface area contributed by atoms with Crippen molar-refractivity contribution < 1.29 is 9.31 Å². The zero-order valence-electron chi connectivity index (χ0n) is 10.8. The molecule has 2 N–H and O–H groups in total. The van der Waals surface area contributed by atoms with Crippen LogP contribution in [0.5, 0.6) is 0 Å². The summed E-state index contributed by atoms with van der Waals surface area (Å²) in [5, 5.41) is 11.1. The van der Waals surface area contributed by atoms with Gasteiger partial charge in [-0.2, -0.15) is 0 Å². The number of pyridine rings is 1. The molecule has 0 atom stereocenters. The Hall–Kier alpha value is -2.70. The van der Waals surface area contributed by atoms with Crippen LogP contribution in [0, 0.1) is 15.9 Å². The van der Waals surface area contributed by atoms with Gasteiger partial charge in [-0.1, -0.05) is 0 Å². The molecule has 2 aromatic rings. The lowest BCUT2D eigenvalue weighted by Gasteiger charge is -2.21. The fourth-order valence-corrected chi connectivity index (χ4v) is 1.87. The molecule has 0 unspecified atom stereocenters. The van der Waals surface area contributed by atoms with Crippen LogP contribution in [0.2, 0.25) is 0 Å². The number of nitrogens with zero attached hydrogens (tertiary/aromatic N) is 3. The Kier molecular flexibility index (Phi) is 3.79. The highest BCUT2D eigenvalue weighted by Gasteiger charge is 2.21. The van der Waals surface area contributed by atoms with E-state index in [-0.39, 0.29) is 23.1 Å². The van der Waals surface area contributed by atoms with Gasteiger partial charge in [0.25, 0.3) is 0 Å². The molecule has 20 heavy (non-hydrogen) atoms. The van der Waals surface area contributed by atoms with Crippen LogP contribution in [-0.4, -0.2) is 16.5 Å². The van der Waals surface area contributed by atoms with Gasteiger partial charge in [-0.25, -0.2) is 9.37 Å². The van der Waals surface area contributed by atoms with Crippen molar-refractivity contribution in [1.29, 1.82) is 0 Å². The lowest BCUT2D eigenvalue weighted by atomic mass is 10.2. The van der Waals surface area contributed by atoms with Crippen LogP contribution >= 0.6 is 0 Å². The molecule has 0 fully saturated rings. The molecule has 1 heterocycles. The molecule has 0 saturated carbocycles. The molecule has 2 rings (SSSR count). The molecule has 1 aromatic carbocycles. The quantitative estimate of drug-likeness (QED) is 0.685. The number of rotatable bonds is 4. The number of halogens is 1. The van der Waals surface area contributed by atoms with E-state index in [0.29, 0.717) is 12.2 Å². The first-order valence-corrected chi connectivity index (χ1v) is 5.97. The lowest BCUT2D eigenvalue weighted by molar-refractivity contribution is -0.384. The second kappa shape index (κ2) is 5.52. The predicted octanol–water partition coefficient (Wildman–Crippen LogP) is 2.87. The van der Waals surface area contributed by atoms with Crippen molar-refractivity contribution >= 4 is 23.0 Å². The van der Waals surface area contributed by atoms with E-state index in [1.54, 1.807) is 4.90 Å². The van der Waals surface area contributed by atoms with Gasteiger partial charge in [0, 0.05) is 18.3 Å². The summed E-state index contributed by atoms with van der Waals surface area (Å²) >= 11 is 0. The maximum Gasteiger partial charge on any atom is 0.312 e. The third-order valence-corrected chi connectivity index (χ3v) is 2.78. The van der Waals surface area contributed by atoms with Crippen LogP contribution in [0.4, 0.5) is 27.4 Å². The summed E-state index contributed by atoms with van der Waals surface area (Å²) < 4.78 is 13.0. The van der Waals surface area contributed by atoms with E-state index < -0.39 is 4.92 Å². The highest BCUT2D eigenvalue weighted by Crippen LogP contribution is 2.32. The van der Waals surface area contributed by atoms with Gasteiger partial charge >= 0.3 is 5.69 Å². The van der Waals surface area contributed by atoms with Crippen molar-refractivity contribution in [2.75, 3.05) is 17.2 Å². The molecular weight excluding hydrogens is 263 g/mol. The van der Waals surface area contributed by atoms with Crippen molar-refractivity contribution in [3.05, 3.63) is 52.3 Å². The topological polar surface area (TPSA) is 85.3 Å². The molecule has 1 aromatic heterocycles. The zero-order chi connectivity index (χ0) is 14.7. The van der Waals surface area contributed by atoms with E-state index in [9.17, 15) is 14.5 Å². The Morgan fingerprint density at radius 1 is 1.30 bits per heavy atom. The number of aromatic nitrogens is 1. The lowest BCUT2D eigenvalue weighted by Crippen LogP contribution is -2.19. The Morgan fingerprint density at radius 3 is 2.50 bits per heavy atom. The van der Waals surface area contributed by atoms with Crippen LogP contribution in [0.1, 0.15) is 6.92 Å². The van der Waals surface area contributed by atoms with Gasteiger partial charge in [-0.05, 0) is 37.3 Å². The molecule has 104 valence electrons. The van der Waals surface area contributed by atoms with E-state index >= 15 is 0 Å². The van der Waals surface area contributed by atoms with Gasteiger partial charge in [-0.15, -0.1) is 0 Å². The molecular formula is C13H13FN4O2. The highest BCUT2D eigenvalue weighted by molar-refractivity contribution is 5.69. The molecule has 0 bridgehead atoms. The highest BCUT2D eigenvalue weighted by atomic mass is 19.1. The van der Waals surface area contributed by atoms with E-state index in [1.807, 2.05) is 6.92 Å². The number of nitro groups is 1. The largest absolute Gasteiger partial charge is 0.384 e. The first kappa shape index (κ1) is 13.7. The smallest absolute Gasteiger partial charge is 0.312 e. The number of nitrogen functional groups attached to an aromatic ring is 1. The first-order valence-electron chi connectivity index (χ1n) is 5.97. The van der Waals surface area contributed by atoms with Gasteiger partial charge in [0.1, 0.15) is 11.6 Å². The second-order valence-corrected chi connectivity index (χ2v) is 4.06. The standard InChI is InChI=1S/C13H13FN4O2/c1-2-17(10-5-3-9(14)4-6-10)13-11(18(19)20)7-8-12(15)16-13/h3-8H,2H2,1H3,(H2,15,16). The summed E-state index contributed by atoms with van der Waals surface area (Å²) in [6.07, 6.45) is 0. The normalized spacial score (nSPS) is 10.3. The zero-order valence-corrected chi connectivity index (χ0v) is 10.8. The molecule has 0 spiro atoms. The number of hydrogen-bond donors (Lipinski definition) is 1. The average molecular weight is 276 g/mol. The molecule has 0 aliphatic rings. The molecule has 6 nitrogen and oxygen atoms in total. The monoisotopic (exact) mass is 276 g/mol. The maximum absolute atomic E-state index is 13.0. The van der Waals surface area contributed by atoms with Crippen molar-refractivity contribution in [3.63, 3.8) is 0 Å². The Balaban J connectivity index is 2.53. The Morgan fingerprint density at radius 2 is 1.95 bits per heavy atom. The van der Waals surface area contributed by atoms with Crippen LogP contribution < -0.4 is 10.6 Å². The minimum Gasteiger partial charge on any atom is -0.384 e. The van der Waals surface area contributed by atoms with Crippen molar-refractivity contribution in [2.24, 2.45) is 0 Å². The van der Waals surface area contributed by atoms with Crippen LogP contribution in [0.25, 0.3) is 0 Å². The van der Waals surface area contributed by atoms with E-state index in [1.165, 1.54) is 36.4 Å². The van der Waals surface area contributed by atoms with Crippen LogP contribution in [0.3, 0.4) is 0 Å². The molecule has 0 amide bonds. The minimum atomic E-state index is -0.520. The molecule has 0 aliphatic carbocycles.